The number of esters is 3. The summed E-state index contributed by atoms with van der Waals surface area (Å²) in [4.78, 5) is 47.6. The zero-order valence-electron chi connectivity index (χ0n) is 16.3. The van der Waals surface area contributed by atoms with Crippen molar-refractivity contribution >= 4 is 23.9 Å². The first kappa shape index (κ1) is 24.8. The van der Waals surface area contributed by atoms with Crippen LogP contribution in [-0.4, -0.2) is 59.9 Å². The molecule has 0 saturated heterocycles. The van der Waals surface area contributed by atoms with Crippen molar-refractivity contribution < 1.29 is 38.5 Å². The van der Waals surface area contributed by atoms with Gasteiger partial charge in [-0.05, 0) is 18.8 Å². The Morgan fingerprint density at radius 1 is 0.889 bits per heavy atom. The van der Waals surface area contributed by atoms with E-state index in [-0.39, 0.29) is 18.4 Å². The SMILES string of the molecule is CCOC(=O)CC(OC(=O)[C@@H](N)C(C)C)C(OC(=O)[C@@H](N)C(C)C)C(=O)O. The van der Waals surface area contributed by atoms with Gasteiger partial charge in [-0.2, -0.15) is 0 Å². The second-order valence-corrected chi connectivity index (χ2v) is 6.72. The van der Waals surface area contributed by atoms with E-state index in [2.05, 4.69) is 0 Å². The molecule has 0 rings (SSSR count). The number of hydrogen-bond donors (Lipinski definition) is 3. The molecule has 0 radical (unpaired) electrons. The minimum absolute atomic E-state index is 0.0424. The average molecular weight is 390 g/mol. The summed E-state index contributed by atoms with van der Waals surface area (Å²) in [6.45, 7) is 8.24. The Kier molecular flexibility index (Phi) is 10.6. The lowest BCUT2D eigenvalue weighted by Gasteiger charge is -2.26. The van der Waals surface area contributed by atoms with Crippen LogP contribution in [0.25, 0.3) is 0 Å². The highest BCUT2D eigenvalue weighted by atomic mass is 16.6. The van der Waals surface area contributed by atoms with Gasteiger partial charge in [-0.3, -0.25) is 14.4 Å². The van der Waals surface area contributed by atoms with Crippen molar-refractivity contribution in [2.75, 3.05) is 6.61 Å². The molecule has 4 atom stereocenters. The number of carboxylic acid groups (broad SMARTS) is 1. The fourth-order valence-corrected chi connectivity index (χ4v) is 1.86. The molecule has 0 spiro atoms. The summed E-state index contributed by atoms with van der Waals surface area (Å²) in [6, 6.07) is -2.12. The van der Waals surface area contributed by atoms with E-state index in [1.54, 1.807) is 34.6 Å². The van der Waals surface area contributed by atoms with Crippen molar-refractivity contribution in [1.82, 2.24) is 0 Å². The van der Waals surface area contributed by atoms with Gasteiger partial charge in [0.1, 0.15) is 12.1 Å². The summed E-state index contributed by atoms with van der Waals surface area (Å²) in [7, 11) is 0. The summed E-state index contributed by atoms with van der Waals surface area (Å²) in [5.41, 5.74) is 11.4. The van der Waals surface area contributed by atoms with Gasteiger partial charge in [0.15, 0.2) is 6.10 Å². The van der Waals surface area contributed by atoms with Crippen molar-refractivity contribution in [3.8, 4) is 0 Å². The normalized spacial score (nSPS) is 15.6. The summed E-state index contributed by atoms with van der Waals surface area (Å²) in [5, 5.41) is 9.42. The van der Waals surface area contributed by atoms with E-state index in [4.69, 9.17) is 25.7 Å². The Morgan fingerprint density at radius 2 is 1.33 bits per heavy atom. The fourth-order valence-electron chi connectivity index (χ4n) is 1.86. The number of ether oxygens (including phenoxy) is 3. The molecule has 0 saturated carbocycles. The predicted molar refractivity (Wildman–Crippen MR) is 94.3 cm³/mol. The van der Waals surface area contributed by atoms with Crippen LogP contribution in [0.15, 0.2) is 0 Å². The molecule has 0 aliphatic rings. The standard InChI is InChI=1S/C17H30N2O8/c1-6-25-11(20)7-10(26-16(23)12(18)8(2)3)14(15(21)22)27-17(24)13(19)9(4)5/h8-10,12-14H,6-7,18-19H2,1-5H3,(H,21,22)/t10?,12-,13-,14?/m0/s1. The third-order valence-corrected chi connectivity index (χ3v) is 3.75. The van der Waals surface area contributed by atoms with Crippen LogP contribution < -0.4 is 11.5 Å². The minimum atomic E-state index is -1.94. The lowest BCUT2D eigenvalue weighted by Crippen LogP contribution is -2.49. The maximum Gasteiger partial charge on any atom is 0.349 e. The first-order valence-electron chi connectivity index (χ1n) is 8.72. The van der Waals surface area contributed by atoms with Gasteiger partial charge in [0.2, 0.25) is 6.10 Å². The number of hydrogen-bond acceptors (Lipinski definition) is 9. The van der Waals surface area contributed by atoms with Crippen molar-refractivity contribution in [3.63, 3.8) is 0 Å². The van der Waals surface area contributed by atoms with Crippen LogP contribution in [0.4, 0.5) is 0 Å². The fraction of sp³-hybridized carbons (Fsp3) is 0.765. The minimum Gasteiger partial charge on any atom is -0.478 e. The van der Waals surface area contributed by atoms with Gasteiger partial charge in [-0.25, -0.2) is 4.79 Å². The second-order valence-electron chi connectivity index (χ2n) is 6.72. The molecule has 0 fully saturated rings. The number of rotatable bonds is 11. The Balaban J connectivity index is 5.53. The van der Waals surface area contributed by atoms with Crippen LogP contribution in [-0.2, 0) is 33.4 Å². The molecule has 0 aromatic rings. The van der Waals surface area contributed by atoms with E-state index in [9.17, 15) is 24.3 Å². The smallest absolute Gasteiger partial charge is 0.349 e. The number of carbonyl (C=O) groups is 4. The van der Waals surface area contributed by atoms with E-state index in [1.807, 2.05) is 0 Å². The van der Waals surface area contributed by atoms with Crippen LogP contribution in [0.1, 0.15) is 41.0 Å². The molecule has 10 heteroatoms. The van der Waals surface area contributed by atoms with Crippen LogP contribution in [0.3, 0.4) is 0 Å². The highest BCUT2D eigenvalue weighted by molar-refractivity contribution is 5.83. The molecule has 0 amide bonds. The maximum absolute atomic E-state index is 12.1. The van der Waals surface area contributed by atoms with Gasteiger partial charge in [0, 0.05) is 0 Å². The van der Waals surface area contributed by atoms with Crippen molar-refractivity contribution in [1.29, 1.82) is 0 Å². The summed E-state index contributed by atoms with van der Waals surface area (Å²) in [5.74, 6) is -4.93. The highest BCUT2D eigenvalue weighted by Crippen LogP contribution is 2.15. The molecule has 0 aromatic carbocycles. The number of carboxylic acids is 1. The van der Waals surface area contributed by atoms with Gasteiger partial charge in [-0.15, -0.1) is 0 Å². The van der Waals surface area contributed by atoms with Gasteiger partial charge >= 0.3 is 23.9 Å². The predicted octanol–water partition coefficient (Wildman–Crippen LogP) is -0.186. The molecule has 2 unspecified atom stereocenters. The van der Waals surface area contributed by atoms with E-state index in [1.165, 1.54) is 0 Å². The Morgan fingerprint density at radius 3 is 1.70 bits per heavy atom. The molecule has 0 heterocycles. The summed E-state index contributed by atoms with van der Waals surface area (Å²) in [6.07, 6.45) is -4.16. The number of carbonyl (C=O) groups excluding carboxylic acids is 3. The van der Waals surface area contributed by atoms with E-state index in [0.29, 0.717) is 0 Å². The number of nitrogens with two attached hydrogens (primary N) is 2. The molecule has 0 aliphatic heterocycles. The van der Waals surface area contributed by atoms with Crippen LogP contribution in [0.5, 0.6) is 0 Å². The quantitative estimate of drug-likeness (QED) is 0.317. The first-order chi connectivity index (χ1) is 12.4. The maximum atomic E-state index is 12.1. The average Bonchev–Trinajstić information content (AvgIpc) is 2.56. The first-order valence-corrected chi connectivity index (χ1v) is 8.72. The molecule has 10 nitrogen and oxygen atoms in total. The van der Waals surface area contributed by atoms with Gasteiger partial charge in [0.05, 0.1) is 13.0 Å². The van der Waals surface area contributed by atoms with Crippen LogP contribution in [0.2, 0.25) is 0 Å². The molecule has 5 N–H and O–H groups in total. The Hall–Kier alpha value is -2.20. The molecular formula is C17H30N2O8. The highest BCUT2D eigenvalue weighted by Gasteiger charge is 2.39. The monoisotopic (exact) mass is 390 g/mol. The molecule has 156 valence electrons. The molecule has 0 aromatic heterocycles. The van der Waals surface area contributed by atoms with Crippen molar-refractivity contribution in [2.45, 2.75) is 65.3 Å². The summed E-state index contributed by atoms with van der Waals surface area (Å²) >= 11 is 0. The largest absolute Gasteiger partial charge is 0.478 e. The lowest BCUT2D eigenvalue weighted by molar-refractivity contribution is -0.183. The molecule has 0 bridgehead atoms. The molecule has 0 aliphatic carbocycles. The van der Waals surface area contributed by atoms with Gasteiger partial charge < -0.3 is 30.8 Å². The Bertz CT molecular complexity index is 535. The van der Waals surface area contributed by atoms with E-state index in [0.717, 1.165) is 0 Å². The van der Waals surface area contributed by atoms with Crippen LogP contribution >= 0.6 is 0 Å². The zero-order chi connectivity index (χ0) is 21.3. The number of aliphatic carboxylic acids is 1. The Labute approximate surface area is 158 Å². The second kappa shape index (κ2) is 11.5. The van der Waals surface area contributed by atoms with Crippen LogP contribution in [0, 0.1) is 11.8 Å². The third kappa shape index (κ3) is 8.35. The molecular weight excluding hydrogens is 360 g/mol. The summed E-state index contributed by atoms with van der Waals surface area (Å²) < 4.78 is 14.8. The lowest BCUT2D eigenvalue weighted by atomic mass is 10.0. The van der Waals surface area contributed by atoms with Gasteiger partial charge in [0.25, 0.3) is 0 Å². The topological polar surface area (TPSA) is 168 Å². The molecule has 27 heavy (non-hydrogen) atoms. The van der Waals surface area contributed by atoms with Crippen molar-refractivity contribution in [2.24, 2.45) is 23.3 Å². The van der Waals surface area contributed by atoms with Gasteiger partial charge in [-0.1, -0.05) is 27.7 Å². The van der Waals surface area contributed by atoms with E-state index < -0.39 is 54.6 Å². The third-order valence-electron chi connectivity index (χ3n) is 3.75. The zero-order valence-corrected chi connectivity index (χ0v) is 16.3. The van der Waals surface area contributed by atoms with E-state index >= 15 is 0 Å². The van der Waals surface area contributed by atoms with Crippen molar-refractivity contribution in [3.05, 3.63) is 0 Å².